The summed E-state index contributed by atoms with van der Waals surface area (Å²) in [6, 6.07) is 0.207. The lowest BCUT2D eigenvalue weighted by Gasteiger charge is -2.38. The topological polar surface area (TPSA) is 38.8 Å². The van der Waals surface area contributed by atoms with Crippen molar-refractivity contribution in [2.75, 3.05) is 26.4 Å². The molecule has 0 N–H and O–H groups in total. The van der Waals surface area contributed by atoms with Gasteiger partial charge in [0.15, 0.2) is 0 Å². The van der Waals surface area contributed by atoms with Gasteiger partial charge in [-0.05, 0) is 20.3 Å². The van der Waals surface area contributed by atoms with E-state index in [4.69, 9.17) is 9.47 Å². The van der Waals surface area contributed by atoms with Crippen molar-refractivity contribution >= 4 is 5.97 Å². The Labute approximate surface area is 97.9 Å². The summed E-state index contributed by atoms with van der Waals surface area (Å²) in [5.41, 5.74) is 0. The zero-order chi connectivity index (χ0) is 12.0. The van der Waals surface area contributed by atoms with Crippen molar-refractivity contribution < 1.29 is 14.3 Å². The number of ether oxygens (including phenoxy) is 2. The van der Waals surface area contributed by atoms with E-state index >= 15 is 0 Å². The highest BCUT2D eigenvalue weighted by molar-refractivity contribution is 5.75. The Morgan fingerprint density at radius 1 is 1.56 bits per heavy atom. The third-order valence-corrected chi connectivity index (χ3v) is 2.94. The SMILES string of the molecule is CCCC(C(=O)OCC)N1CCOCC1C. The first kappa shape index (κ1) is 13.5. The van der Waals surface area contributed by atoms with Gasteiger partial charge < -0.3 is 9.47 Å². The fraction of sp³-hybridized carbons (Fsp3) is 0.917. The second-order valence-electron chi connectivity index (χ2n) is 4.22. The highest BCUT2D eigenvalue weighted by Crippen LogP contribution is 2.16. The molecule has 94 valence electrons. The van der Waals surface area contributed by atoms with Crippen LogP contribution in [0.2, 0.25) is 0 Å². The van der Waals surface area contributed by atoms with Crippen LogP contribution in [0.25, 0.3) is 0 Å². The first-order valence-corrected chi connectivity index (χ1v) is 6.20. The van der Waals surface area contributed by atoms with Gasteiger partial charge in [0.1, 0.15) is 6.04 Å². The van der Waals surface area contributed by atoms with Crippen LogP contribution in [0.4, 0.5) is 0 Å². The largest absolute Gasteiger partial charge is 0.465 e. The Morgan fingerprint density at radius 3 is 2.88 bits per heavy atom. The summed E-state index contributed by atoms with van der Waals surface area (Å²) in [6.45, 7) is 8.74. The molecule has 0 aliphatic carbocycles. The zero-order valence-electron chi connectivity index (χ0n) is 10.6. The number of esters is 1. The number of hydrogen-bond acceptors (Lipinski definition) is 4. The average Bonchev–Trinajstić information content (AvgIpc) is 2.27. The molecule has 2 unspecified atom stereocenters. The van der Waals surface area contributed by atoms with Gasteiger partial charge >= 0.3 is 5.97 Å². The van der Waals surface area contributed by atoms with E-state index in [1.807, 2.05) is 6.92 Å². The first-order chi connectivity index (χ1) is 7.70. The van der Waals surface area contributed by atoms with Crippen LogP contribution < -0.4 is 0 Å². The van der Waals surface area contributed by atoms with Crippen LogP contribution in [0.15, 0.2) is 0 Å². The molecule has 0 aromatic heterocycles. The first-order valence-electron chi connectivity index (χ1n) is 6.20. The van der Waals surface area contributed by atoms with Gasteiger partial charge in [-0.2, -0.15) is 0 Å². The standard InChI is InChI=1S/C12H23NO3/c1-4-6-11(12(14)16-5-2)13-7-8-15-9-10(13)3/h10-11H,4-9H2,1-3H3. The summed E-state index contributed by atoms with van der Waals surface area (Å²) in [6.07, 6.45) is 1.86. The fourth-order valence-electron chi connectivity index (χ4n) is 2.13. The molecule has 4 nitrogen and oxygen atoms in total. The van der Waals surface area contributed by atoms with Crippen molar-refractivity contribution in [1.82, 2.24) is 4.90 Å². The fourth-order valence-corrected chi connectivity index (χ4v) is 2.13. The number of carbonyl (C=O) groups excluding carboxylic acids is 1. The van der Waals surface area contributed by atoms with E-state index in [2.05, 4.69) is 18.7 Å². The molecule has 0 spiro atoms. The third-order valence-electron chi connectivity index (χ3n) is 2.94. The van der Waals surface area contributed by atoms with E-state index in [0.29, 0.717) is 25.9 Å². The monoisotopic (exact) mass is 229 g/mol. The quantitative estimate of drug-likeness (QED) is 0.669. The molecule has 0 aromatic rings. The maximum atomic E-state index is 11.9. The molecule has 1 aliphatic rings. The number of nitrogens with zero attached hydrogens (tertiary/aromatic N) is 1. The summed E-state index contributed by atoms with van der Waals surface area (Å²) < 4.78 is 10.5. The molecule has 1 fully saturated rings. The lowest BCUT2D eigenvalue weighted by atomic mass is 10.1. The van der Waals surface area contributed by atoms with Crippen LogP contribution in [0.5, 0.6) is 0 Å². The predicted octanol–water partition coefficient (Wildman–Crippen LogP) is 1.44. The molecule has 1 heterocycles. The molecule has 1 saturated heterocycles. The molecule has 4 heteroatoms. The Bertz CT molecular complexity index is 220. The molecule has 16 heavy (non-hydrogen) atoms. The van der Waals surface area contributed by atoms with E-state index in [1.165, 1.54) is 0 Å². The van der Waals surface area contributed by atoms with E-state index in [1.54, 1.807) is 0 Å². The maximum Gasteiger partial charge on any atom is 0.323 e. The molecule has 0 radical (unpaired) electrons. The third kappa shape index (κ3) is 3.46. The Kier molecular flexibility index (Phi) is 5.77. The molecule has 0 aromatic carbocycles. The highest BCUT2D eigenvalue weighted by atomic mass is 16.5. The Morgan fingerprint density at radius 2 is 2.31 bits per heavy atom. The van der Waals surface area contributed by atoms with Gasteiger partial charge in [-0.3, -0.25) is 9.69 Å². The molecule has 0 amide bonds. The molecular weight excluding hydrogens is 206 g/mol. The van der Waals surface area contributed by atoms with E-state index in [9.17, 15) is 4.79 Å². The van der Waals surface area contributed by atoms with Crippen molar-refractivity contribution in [2.45, 2.75) is 45.7 Å². The lowest BCUT2D eigenvalue weighted by molar-refractivity contribution is -0.153. The zero-order valence-corrected chi connectivity index (χ0v) is 10.6. The van der Waals surface area contributed by atoms with Crippen molar-refractivity contribution in [3.05, 3.63) is 0 Å². The number of carbonyl (C=O) groups is 1. The van der Waals surface area contributed by atoms with Crippen LogP contribution >= 0.6 is 0 Å². The average molecular weight is 229 g/mol. The molecular formula is C12H23NO3. The molecule has 2 atom stereocenters. The van der Waals surface area contributed by atoms with Crippen LogP contribution in [0.1, 0.15) is 33.6 Å². The minimum Gasteiger partial charge on any atom is -0.465 e. The van der Waals surface area contributed by atoms with Crippen molar-refractivity contribution in [1.29, 1.82) is 0 Å². The van der Waals surface area contributed by atoms with Crippen LogP contribution in [0, 0.1) is 0 Å². The van der Waals surface area contributed by atoms with E-state index in [-0.39, 0.29) is 12.0 Å². The van der Waals surface area contributed by atoms with Crippen molar-refractivity contribution in [3.63, 3.8) is 0 Å². The summed E-state index contributed by atoms with van der Waals surface area (Å²) in [5.74, 6) is -0.0851. The molecule has 0 saturated carbocycles. The Hall–Kier alpha value is -0.610. The highest BCUT2D eigenvalue weighted by Gasteiger charge is 2.31. The van der Waals surface area contributed by atoms with Gasteiger partial charge in [-0.1, -0.05) is 13.3 Å². The number of hydrogen-bond donors (Lipinski definition) is 0. The lowest BCUT2D eigenvalue weighted by Crippen LogP contribution is -2.52. The van der Waals surface area contributed by atoms with Crippen LogP contribution in [-0.4, -0.2) is 49.3 Å². The van der Waals surface area contributed by atoms with Gasteiger partial charge in [0, 0.05) is 12.6 Å². The van der Waals surface area contributed by atoms with Crippen molar-refractivity contribution in [3.8, 4) is 0 Å². The van der Waals surface area contributed by atoms with E-state index < -0.39 is 0 Å². The molecule has 1 aliphatic heterocycles. The second kappa shape index (κ2) is 6.86. The molecule has 0 bridgehead atoms. The summed E-state index contributed by atoms with van der Waals surface area (Å²) in [4.78, 5) is 14.1. The van der Waals surface area contributed by atoms with Gasteiger partial charge in [0.2, 0.25) is 0 Å². The Balaban J connectivity index is 2.63. The number of rotatable bonds is 5. The van der Waals surface area contributed by atoms with Crippen molar-refractivity contribution in [2.24, 2.45) is 0 Å². The van der Waals surface area contributed by atoms with Crippen LogP contribution in [-0.2, 0) is 14.3 Å². The van der Waals surface area contributed by atoms with Gasteiger partial charge in [-0.25, -0.2) is 0 Å². The minimum absolute atomic E-state index is 0.0851. The van der Waals surface area contributed by atoms with Gasteiger partial charge in [-0.15, -0.1) is 0 Å². The summed E-state index contributed by atoms with van der Waals surface area (Å²) >= 11 is 0. The van der Waals surface area contributed by atoms with Crippen LogP contribution in [0.3, 0.4) is 0 Å². The van der Waals surface area contributed by atoms with Gasteiger partial charge in [0.25, 0.3) is 0 Å². The minimum atomic E-state index is -0.0937. The smallest absolute Gasteiger partial charge is 0.323 e. The second-order valence-corrected chi connectivity index (χ2v) is 4.22. The number of morpholine rings is 1. The van der Waals surface area contributed by atoms with Gasteiger partial charge in [0.05, 0.1) is 19.8 Å². The predicted molar refractivity (Wildman–Crippen MR) is 62.3 cm³/mol. The molecule has 1 rings (SSSR count). The summed E-state index contributed by atoms with van der Waals surface area (Å²) in [5, 5.41) is 0. The maximum absolute atomic E-state index is 11.9. The summed E-state index contributed by atoms with van der Waals surface area (Å²) in [7, 11) is 0. The normalized spacial score (nSPS) is 24.1. The van der Waals surface area contributed by atoms with E-state index in [0.717, 1.165) is 19.4 Å².